The van der Waals surface area contributed by atoms with Gasteiger partial charge in [0.05, 0.1) is 12.3 Å². The van der Waals surface area contributed by atoms with Crippen molar-refractivity contribution in [2.24, 2.45) is 5.41 Å². The zero-order chi connectivity index (χ0) is 16.2. The lowest BCUT2D eigenvalue weighted by Gasteiger charge is -2.17. The molecule has 120 valence electrons. The first kappa shape index (κ1) is 17.4. The second kappa shape index (κ2) is 7.55. The van der Waals surface area contributed by atoms with Crippen LogP contribution in [0.15, 0.2) is 24.3 Å². The molecule has 4 nitrogen and oxygen atoms in total. The van der Waals surface area contributed by atoms with Crippen molar-refractivity contribution in [2.75, 3.05) is 0 Å². The molecule has 1 N–H and O–H groups in total. The Balaban J connectivity index is 1.94. The molecule has 1 heterocycles. The summed E-state index contributed by atoms with van der Waals surface area (Å²) in [6, 6.07) is 8.44. The van der Waals surface area contributed by atoms with Crippen LogP contribution in [0, 0.1) is 9.12 Å². The van der Waals surface area contributed by atoms with Crippen molar-refractivity contribution in [3.8, 4) is 5.69 Å². The third-order valence-corrected chi connectivity index (χ3v) is 4.73. The Kier molecular flexibility index (Phi) is 5.97. The SMILES string of the molecule is CC(C)(C)CCCCc1ccc(-n2nnc(CO)c2I)cc1. The van der Waals surface area contributed by atoms with E-state index in [4.69, 9.17) is 0 Å². The maximum Gasteiger partial charge on any atom is 0.131 e. The van der Waals surface area contributed by atoms with Crippen molar-refractivity contribution in [3.63, 3.8) is 0 Å². The van der Waals surface area contributed by atoms with Gasteiger partial charge in [-0.15, -0.1) is 5.10 Å². The van der Waals surface area contributed by atoms with Crippen molar-refractivity contribution < 1.29 is 5.11 Å². The minimum atomic E-state index is -0.0792. The molecule has 0 atom stereocenters. The maximum absolute atomic E-state index is 9.18. The number of unbranched alkanes of at least 4 members (excludes halogenated alkanes) is 1. The summed E-state index contributed by atoms with van der Waals surface area (Å²) in [5.74, 6) is 0. The molecule has 0 radical (unpaired) electrons. The average Bonchev–Trinajstić information content (AvgIpc) is 2.84. The molecule has 0 amide bonds. The molecule has 0 aliphatic rings. The Morgan fingerprint density at radius 2 is 1.82 bits per heavy atom. The number of benzene rings is 1. The van der Waals surface area contributed by atoms with E-state index in [0.717, 1.165) is 15.8 Å². The van der Waals surface area contributed by atoms with Crippen LogP contribution in [0.2, 0.25) is 0 Å². The standard InChI is InChI=1S/C17H24IN3O/c1-17(2,3)11-5-4-6-13-7-9-14(10-8-13)21-16(18)15(12-22)19-20-21/h7-10,22H,4-6,11-12H2,1-3H3. The molecule has 1 aromatic heterocycles. The Labute approximate surface area is 146 Å². The molecule has 0 unspecified atom stereocenters. The van der Waals surface area contributed by atoms with Crippen molar-refractivity contribution >= 4 is 22.6 Å². The fourth-order valence-corrected chi connectivity index (χ4v) is 3.01. The van der Waals surface area contributed by atoms with Crippen LogP contribution in [0.4, 0.5) is 0 Å². The molecule has 0 saturated carbocycles. The number of halogens is 1. The second-order valence-corrected chi connectivity index (χ2v) is 7.85. The summed E-state index contributed by atoms with van der Waals surface area (Å²) in [5.41, 5.74) is 3.38. The topological polar surface area (TPSA) is 50.9 Å². The molecule has 0 aliphatic heterocycles. The Bertz CT molecular complexity index is 599. The predicted octanol–water partition coefficient (Wildman–Crippen LogP) is 4.12. The molecule has 5 heteroatoms. The van der Waals surface area contributed by atoms with E-state index in [-0.39, 0.29) is 6.61 Å². The van der Waals surface area contributed by atoms with Gasteiger partial charge < -0.3 is 5.11 Å². The normalized spacial score (nSPS) is 11.9. The van der Waals surface area contributed by atoms with Crippen molar-refractivity contribution in [1.29, 1.82) is 0 Å². The number of aliphatic hydroxyl groups is 1. The molecule has 22 heavy (non-hydrogen) atoms. The highest BCUT2D eigenvalue weighted by Crippen LogP contribution is 2.22. The minimum absolute atomic E-state index is 0.0792. The summed E-state index contributed by atoms with van der Waals surface area (Å²) in [6.45, 7) is 6.80. The minimum Gasteiger partial charge on any atom is -0.390 e. The highest BCUT2D eigenvalue weighted by molar-refractivity contribution is 14.1. The van der Waals surface area contributed by atoms with Crippen LogP contribution < -0.4 is 0 Å². The Morgan fingerprint density at radius 3 is 2.36 bits per heavy atom. The van der Waals surface area contributed by atoms with Crippen LogP contribution >= 0.6 is 22.6 Å². The zero-order valence-electron chi connectivity index (χ0n) is 13.5. The van der Waals surface area contributed by atoms with Crippen molar-refractivity contribution in [1.82, 2.24) is 15.0 Å². The molecule has 0 bridgehead atoms. The molecule has 0 fully saturated rings. The van der Waals surface area contributed by atoms with E-state index in [1.165, 1.54) is 24.8 Å². The average molecular weight is 413 g/mol. The molecule has 2 aromatic rings. The van der Waals surface area contributed by atoms with Gasteiger partial charge in [-0.1, -0.05) is 44.5 Å². The number of nitrogens with zero attached hydrogens (tertiary/aromatic N) is 3. The van der Waals surface area contributed by atoms with Gasteiger partial charge in [0.2, 0.25) is 0 Å². The molecule has 0 spiro atoms. The summed E-state index contributed by atoms with van der Waals surface area (Å²) in [7, 11) is 0. The lowest BCUT2D eigenvalue weighted by molar-refractivity contribution is 0.276. The third kappa shape index (κ3) is 4.78. The summed E-state index contributed by atoms with van der Waals surface area (Å²) >= 11 is 2.16. The summed E-state index contributed by atoms with van der Waals surface area (Å²) in [5, 5.41) is 17.2. The second-order valence-electron chi connectivity index (χ2n) is 6.83. The quantitative estimate of drug-likeness (QED) is 0.573. The lowest BCUT2D eigenvalue weighted by atomic mass is 9.89. The molecule has 0 saturated heterocycles. The van der Waals surface area contributed by atoms with Gasteiger partial charge in [0.1, 0.15) is 9.39 Å². The van der Waals surface area contributed by atoms with E-state index in [2.05, 4.69) is 77.9 Å². The Morgan fingerprint density at radius 1 is 1.14 bits per heavy atom. The van der Waals surface area contributed by atoms with Crippen molar-refractivity contribution in [2.45, 2.75) is 53.1 Å². The molecule has 0 aliphatic carbocycles. The van der Waals surface area contributed by atoms with Crippen LogP contribution in [0.3, 0.4) is 0 Å². The van der Waals surface area contributed by atoms with E-state index < -0.39 is 0 Å². The largest absolute Gasteiger partial charge is 0.390 e. The number of aliphatic hydroxyl groups excluding tert-OH is 1. The highest BCUT2D eigenvalue weighted by atomic mass is 127. The maximum atomic E-state index is 9.18. The number of aryl methyl sites for hydroxylation is 1. The molecule has 1 aromatic carbocycles. The lowest BCUT2D eigenvalue weighted by Crippen LogP contribution is -2.04. The van der Waals surface area contributed by atoms with Gasteiger partial charge >= 0.3 is 0 Å². The van der Waals surface area contributed by atoms with Gasteiger partial charge in [-0.2, -0.15) is 0 Å². The van der Waals surface area contributed by atoms with Gasteiger partial charge in [0.25, 0.3) is 0 Å². The smallest absolute Gasteiger partial charge is 0.131 e. The van der Waals surface area contributed by atoms with E-state index >= 15 is 0 Å². The number of hydrogen-bond acceptors (Lipinski definition) is 3. The molecular weight excluding hydrogens is 389 g/mol. The van der Waals surface area contributed by atoms with Gasteiger partial charge in [-0.3, -0.25) is 0 Å². The van der Waals surface area contributed by atoms with E-state index in [9.17, 15) is 5.11 Å². The van der Waals surface area contributed by atoms with Gasteiger partial charge in [0, 0.05) is 0 Å². The first-order chi connectivity index (χ1) is 10.4. The zero-order valence-corrected chi connectivity index (χ0v) is 15.7. The van der Waals surface area contributed by atoms with Crippen LogP contribution in [0.5, 0.6) is 0 Å². The summed E-state index contributed by atoms with van der Waals surface area (Å²) in [4.78, 5) is 0. The van der Waals surface area contributed by atoms with Crippen LogP contribution in [-0.4, -0.2) is 20.1 Å². The van der Waals surface area contributed by atoms with E-state index in [1.54, 1.807) is 4.68 Å². The summed E-state index contributed by atoms with van der Waals surface area (Å²) < 4.78 is 2.62. The monoisotopic (exact) mass is 413 g/mol. The van der Waals surface area contributed by atoms with Gasteiger partial charge in [-0.25, -0.2) is 4.68 Å². The molecular formula is C17H24IN3O. The number of aromatic nitrogens is 3. The van der Waals surface area contributed by atoms with Gasteiger partial charge in [-0.05, 0) is 65.0 Å². The predicted molar refractivity (Wildman–Crippen MR) is 97.0 cm³/mol. The van der Waals surface area contributed by atoms with Crippen molar-refractivity contribution in [3.05, 3.63) is 39.2 Å². The van der Waals surface area contributed by atoms with Gasteiger partial charge in [0.15, 0.2) is 0 Å². The number of rotatable bonds is 6. The van der Waals surface area contributed by atoms with E-state index in [1.807, 2.05) is 0 Å². The Hall–Kier alpha value is -0.950. The highest BCUT2D eigenvalue weighted by Gasteiger charge is 2.11. The fourth-order valence-electron chi connectivity index (χ4n) is 2.35. The van der Waals surface area contributed by atoms with E-state index in [0.29, 0.717) is 11.1 Å². The first-order valence-corrected chi connectivity index (χ1v) is 8.79. The van der Waals surface area contributed by atoms with Crippen LogP contribution in [0.25, 0.3) is 5.69 Å². The molecule has 2 rings (SSSR count). The fraction of sp³-hybridized carbons (Fsp3) is 0.529. The van der Waals surface area contributed by atoms with Crippen LogP contribution in [-0.2, 0) is 13.0 Å². The number of hydrogen-bond donors (Lipinski definition) is 1. The summed E-state index contributed by atoms with van der Waals surface area (Å²) in [6.07, 6.45) is 4.89. The first-order valence-electron chi connectivity index (χ1n) is 7.71. The third-order valence-electron chi connectivity index (χ3n) is 3.65. The van der Waals surface area contributed by atoms with Crippen LogP contribution in [0.1, 0.15) is 51.3 Å².